The van der Waals surface area contributed by atoms with Crippen LogP contribution in [0.15, 0.2) is 17.3 Å². The molecule has 0 aromatic heterocycles. The predicted molar refractivity (Wildman–Crippen MR) is 52.9 cm³/mol. The number of hydrogen-bond donors (Lipinski definition) is 0. The van der Waals surface area contributed by atoms with Crippen LogP contribution in [0.4, 0.5) is 17.3 Å². The molecule has 2 nitrogen and oxygen atoms in total. The molecule has 0 N–H and O–H groups in total. The van der Waals surface area contributed by atoms with E-state index in [9.17, 15) is 17.3 Å². The van der Waals surface area contributed by atoms with Crippen LogP contribution >= 0.6 is 15.9 Å². The number of halogens is 5. The van der Waals surface area contributed by atoms with E-state index in [4.69, 9.17) is 0 Å². The third-order valence-corrected chi connectivity index (χ3v) is 1.97. The lowest BCUT2D eigenvalue weighted by molar-refractivity contribution is 0.368. The first-order valence-electron chi connectivity index (χ1n) is 3.81. The molecule has 0 radical (unpaired) electrons. The van der Waals surface area contributed by atoms with Crippen molar-refractivity contribution >= 4 is 29.4 Å². The van der Waals surface area contributed by atoms with E-state index in [2.05, 4.69) is 32.7 Å². The summed E-state index contributed by atoms with van der Waals surface area (Å²) in [4.78, 5) is 6.21. The molecule has 0 amide bonds. The molecule has 0 spiro atoms. The molecular weight excluding hydrogens is 267 g/mol. The summed E-state index contributed by atoms with van der Waals surface area (Å²) in [6.45, 7) is 3.09. The van der Waals surface area contributed by atoms with Gasteiger partial charge >= 0.3 is 7.25 Å². The highest BCUT2D eigenvalue weighted by Gasteiger charge is 2.20. The molecular formula is C6H9BBrF4N2-. The quantitative estimate of drug-likeness (QED) is 0.311. The maximum absolute atomic E-state index is 9.75. The van der Waals surface area contributed by atoms with E-state index in [1.54, 1.807) is 6.21 Å². The number of rotatable bonds is 1. The van der Waals surface area contributed by atoms with E-state index in [1.807, 2.05) is 12.3 Å². The molecule has 1 rings (SSSR count). The molecule has 1 heterocycles. The maximum atomic E-state index is 9.75. The van der Waals surface area contributed by atoms with Crippen molar-refractivity contribution < 1.29 is 17.3 Å². The van der Waals surface area contributed by atoms with Crippen LogP contribution in [-0.2, 0) is 0 Å². The Morgan fingerprint density at radius 1 is 1.43 bits per heavy atom. The molecule has 82 valence electrons. The monoisotopic (exact) mass is 275 g/mol. The second-order valence-electron chi connectivity index (χ2n) is 2.28. The maximum Gasteiger partial charge on any atom is 0.673 e. The summed E-state index contributed by atoms with van der Waals surface area (Å²) in [5, 5.41) is 0.146. The van der Waals surface area contributed by atoms with E-state index < -0.39 is 7.25 Å². The number of hydrogen-bond acceptors (Lipinski definition) is 2. The lowest BCUT2D eigenvalue weighted by atomic mass is 10.3. The first-order valence-corrected chi connectivity index (χ1v) is 4.73. The Balaban J connectivity index is 0.000000292. The Bertz CT molecular complexity index is 212. The van der Waals surface area contributed by atoms with Crippen LogP contribution in [0.5, 0.6) is 0 Å². The molecule has 14 heavy (non-hydrogen) atoms. The van der Waals surface area contributed by atoms with Gasteiger partial charge in [0.1, 0.15) is 0 Å². The van der Waals surface area contributed by atoms with E-state index in [-0.39, 0.29) is 5.08 Å². The van der Waals surface area contributed by atoms with Crippen molar-refractivity contribution in [2.75, 3.05) is 6.54 Å². The Morgan fingerprint density at radius 2 is 1.93 bits per heavy atom. The lowest BCUT2D eigenvalue weighted by Gasteiger charge is -2.22. The topological polar surface area (TPSA) is 15.6 Å². The van der Waals surface area contributed by atoms with Crippen LogP contribution in [-0.4, -0.2) is 30.0 Å². The van der Waals surface area contributed by atoms with Gasteiger partial charge in [-0.25, -0.2) is 0 Å². The highest BCUT2D eigenvalue weighted by atomic mass is 79.9. The van der Waals surface area contributed by atoms with Gasteiger partial charge in [-0.15, -0.1) is 0 Å². The van der Waals surface area contributed by atoms with Crippen molar-refractivity contribution in [3.8, 4) is 0 Å². The zero-order valence-corrected chi connectivity index (χ0v) is 8.96. The number of alkyl halides is 1. The van der Waals surface area contributed by atoms with Crippen molar-refractivity contribution in [2.24, 2.45) is 4.99 Å². The third kappa shape index (κ3) is 8.09. The first-order chi connectivity index (χ1) is 6.34. The summed E-state index contributed by atoms with van der Waals surface area (Å²) < 4.78 is 39.0. The third-order valence-electron chi connectivity index (χ3n) is 1.21. The average Bonchev–Trinajstić information content (AvgIpc) is 2.02. The number of aliphatic imine (C=N–C) groups is 1. The normalized spacial score (nSPS) is 20.4. The van der Waals surface area contributed by atoms with Crippen molar-refractivity contribution in [1.29, 1.82) is 0 Å². The van der Waals surface area contributed by atoms with Crippen molar-refractivity contribution in [3.05, 3.63) is 12.3 Å². The van der Waals surface area contributed by atoms with Crippen LogP contribution in [0.1, 0.15) is 6.92 Å². The fourth-order valence-electron chi connectivity index (χ4n) is 0.682. The fourth-order valence-corrected chi connectivity index (χ4v) is 1.25. The molecule has 0 aromatic rings. The number of nitrogens with zero attached hydrogens (tertiary/aromatic N) is 2. The van der Waals surface area contributed by atoms with Crippen LogP contribution in [0.25, 0.3) is 0 Å². The van der Waals surface area contributed by atoms with Gasteiger partial charge in [-0.2, -0.15) is 0 Å². The minimum Gasteiger partial charge on any atom is -0.418 e. The molecule has 0 aromatic carbocycles. The van der Waals surface area contributed by atoms with Crippen molar-refractivity contribution in [3.63, 3.8) is 0 Å². The van der Waals surface area contributed by atoms with Gasteiger partial charge in [-0.05, 0) is 28.9 Å². The molecule has 1 unspecified atom stereocenters. The smallest absolute Gasteiger partial charge is 0.418 e. The Labute approximate surface area is 87.9 Å². The number of allylic oxidation sites excluding steroid dienone is 1. The van der Waals surface area contributed by atoms with E-state index in [0.29, 0.717) is 0 Å². The SMILES string of the molecule is CCN1C=CC=NC1Br.F[B-](F)(F)F. The predicted octanol–water partition coefficient (Wildman–Crippen LogP) is 2.88. The molecule has 1 aliphatic heterocycles. The second-order valence-corrected chi connectivity index (χ2v) is 3.09. The Hall–Kier alpha value is -0.525. The standard InChI is InChI=1S/C6H9BrN2.BF4/c1-2-9-5-3-4-8-6(9)7;2-1(3,4)5/h3-6H,2H2,1H3;/q;-1. The van der Waals surface area contributed by atoms with E-state index in [1.165, 1.54) is 0 Å². The molecule has 1 atom stereocenters. The summed E-state index contributed by atoms with van der Waals surface area (Å²) in [6.07, 6.45) is 5.75. The minimum atomic E-state index is -6.00. The summed E-state index contributed by atoms with van der Waals surface area (Å²) >= 11 is 3.39. The highest BCUT2D eigenvalue weighted by molar-refractivity contribution is 9.09. The second kappa shape index (κ2) is 6.05. The van der Waals surface area contributed by atoms with Crippen molar-refractivity contribution in [1.82, 2.24) is 4.90 Å². The molecule has 0 bridgehead atoms. The zero-order valence-electron chi connectivity index (χ0n) is 7.38. The van der Waals surface area contributed by atoms with Gasteiger partial charge in [-0.3, -0.25) is 4.99 Å². The van der Waals surface area contributed by atoms with Crippen LogP contribution < -0.4 is 0 Å². The van der Waals surface area contributed by atoms with Gasteiger partial charge in [0.2, 0.25) is 0 Å². The van der Waals surface area contributed by atoms with Gasteiger partial charge in [0.25, 0.3) is 0 Å². The minimum absolute atomic E-state index is 0.146. The van der Waals surface area contributed by atoms with Gasteiger partial charge in [0.15, 0.2) is 5.08 Å². The summed E-state index contributed by atoms with van der Waals surface area (Å²) in [5.74, 6) is 0. The molecule has 0 aliphatic carbocycles. The van der Waals surface area contributed by atoms with Crippen LogP contribution in [0.2, 0.25) is 0 Å². The molecule has 8 heteroatoms. The Morgan fingerprint density at radius 3 is 2.21 bits per heavy atom. The molecule has 0 saturated heterocycles. The van der Waals surface area contributed by atoms with Crippen LogP contribution in [0.3, 0.4) is 0 Å². The van der Waals surface area contributed by atoms with Gasteiger partial charge in [-0.1, -0.05) is 0 Å². The largest absolute Gasteiger partial charge is 0.673 e. The molecule has 1 aliphatic rings. The zero-order chi connectivity index (χ0) is 11.2. The average molecular weight is 276 g/mol. The van der Waals surface area contributed by atoms with E-state index in [0.717, 1.165) is 6.54 Å². The summed E-state index contributed by atoms with van der Waals surface area (Å²) in [7, 11) is -6.00. The molecule has 0 saturated carbocycles. The lowest BCUT2D eigenvalue weighted by Crippen LogP contribution is -2.25. The molecule has 0 fully saturated rings. The highest BCUT2D eigenvalue weighted by Crippen LogP contribution is 2.10. The van der Waals surface area contributed by atoms with E-state index >= 15 is 0 Å². The van der Waals surface area contributed by atoms with Crippen molar-refractivity contribution in [2.45, 2.75) is 12.0 Å². The van der Waals surface area contributed by atoms with Gasteiger partial charge in [0, 0.05) is 19.0 Å². The summed E-state index contributed by atoms with van der Waals surface area (Å²) in [6, 6.07) is 0. The summed E-state index contributed by atoms with van der Waals surface area (Å²) in [5.41, 5.74) is 0. The van der Waals surface area contributed by atoms with Gasteiger partial charge < -0.3 is 22.2 Å². The van der Waals surface area contributed by atoms with Gasteiger partial charge in [0.05, 0.1) is 0 Å². The van der Waals surface area contributed by atoms with Crippen LogP contribution in [0, 0.1) is 0 Å². The fraction of sp³-hybridized carbons (Fsp3) is 0.500. The Kier molecular flexibility index (Phi) is 5.82. The first kappa shape index (κ1) is 13.5.